The average Bonchev–Trinajstić information content (AvgIpc) is 2.48. The van der Waals surface area contributed by atoms with Gasteiger partial charge in [0.25, 0.3) is 8.53 Å². The first-order chi connectivity index (χ1) is 5.96. The van der Waals surface area contributed by atoms with Crippen molar-refractivity contribution < 1.29 is 27.0 Å². The Hall–Kier alpha value is -0.390. The molecule has 0 aromatic carbocycles. The van der Waals surface area contributed by atoms with Crippen LogP contribution >= 0.6 is 8.53 Å². The summed E-state index contributed by atoms with van der Waals surface area (Å²) in [5, 5.41) is 0. The third kappa shape index (κ3) is 2.30. The first-order valence-corrected chi connectivity index (χ1v) is 4.45. The molecule has 0 saturated carbocycles. The molecule has 1 amide bonds. The van der Waals surface area contributed by atoms with Crippen molar-refractivity contribution in [3.63, 3.8) is 0 Å². The van der Waals surface area contributed by atoms with Crippen LogP contribution in [0.3, 0.4) is 0 Å². The third-order valence-electron chi connectivity index (χ3n) is 1.34. The van der Waals surface area contributed by atoms with E-state index in [1.54, 1.807) is 0 Å². The summed E-state index contributed by atoms with van der Waals surface area (Å²) < 4.78 is 45.7. The average molecular weight is 217 g/mol. The zero-order valence-electron chi connectivity index (χ0n) is 6.67. The zero-order chi connectivity index (χ0) is 10.1. The van der Waals surface area contributed by atoms with Gasteiger partial charge in [-0.3, -0.25) is 9.46 Å². The molecule has 0 spiro atoms. The van der Waals surface area contributed by atoms with Gasteiger partial charge in [0.1, 0.15) is 0 Å². The minimum atomic E-state index is -4.85. The van der Waals surface area contributed by atoms with Crippen molar-refractivity contribution in [3.8, 4) is 0 Å². The molecule has 0 aromatic rings. The van der Waals surface area contributed by atoms with Crippen molar-refractivity contribution in [3.05, 3.63) is 0 Å². The largest absolute Gasteiger partial charge is 0.471 e. The van der Waals surface area contributed by atoms with E-state index in [1.165, 1.54) is 7.11 Å². The van der Waals surface area contributed by atoms with Crippen LogP contribution in [0.25, 0.3) is 0 Å². The predicted molar refractivity (Wildman–Crippen MR) is 37.6 cm³/mol. The zero-order valence-corrected chi connectivity index (χ0v) is 7.56. The Morgan fingerprint density at radius 1 is 1.62 bits per heavy atom. The van der Waals surface area contributed by atoms with Crippen LogP contribution < -0.4 is 0 Å². The van der Waals surface area contributed by atoms with Gasteiger partial charge in [0.05, 0.1) is 13.2 Å². The molecule has 4 nitrogen and oxygen atoms in total. The van der Waals surface area contributed by atoms with Crippen LogP contribution in [0.15, 0.2) is 0 Å². The molecule has 1 atom stereocenters. The highest BCUT2D eigenvalue weighted by atomic mass is 31.2. The predicted octanol–water partition coefficient (Wildman–Crippen LogP) is 1.28. The number of nitrogens with zero attached hydrogens (tertiary/aromatic N) is 1. The molecule has 1 aliphatic heterocycles. The molecule has 1 unspecified atom stereocenters. The van der Waals surface area contributed by atoms with Crippen LogP contribution in [0, 0.1) is 0 Å². The lowest BCUT2D eigenvalue weighted by Crippen LogP contribution is -2.36. The monoisotopic (exact) mass is 217 g/mol. The van der Waals surface area contributed by atoms with Crippen molar-refractivity contribution in [1.29, 1.82) is 0 Å². The van der Waals surface area contributed by atoms with Crippen molar-refractivity contribution in [2.75, 3.05) is 20.3 Å². The molecule has 8 heteroatoms. The highest BCUT2D eigenvalue weighted by molar-refractivity contribution is 7.45. The lowest BCUT2D eigenvalue weighted by molar-refractivity contribution is -0.180. The fourth-order valence-electron chi connectivity index (χ4n) is 0.830. The number of hydrogen-bond donors (Lipinski definition) is 0. The van der Waals surface area contributed by atoms with Crippen LogP contribution in [-0.2, 0) is 13.8 Å². The quantitative estimate of drug-likeness (QED) is 0.621. The minimum absolute atomic E-state index is 0.0715. The lowest BCUT2D eigenvalue weighted by Gasteiger charge is -2.20. The molecule has 0 aromatic heterocycles. The van der Waals surface area contributed by atoms with E-state index in [-0.39, 0.29) is 13.2 Å². The SMILES string of the molecule is COP1OCCN1C(=O)C(F)(F)F. The van der Waals surface area contributed by atoms with E-state index in [9.17, 15) is 18.0 Å². The van der Waals surface area contributed by atoms with E-state index >= 15 is 0 Å². The standard InChI is InChI=1S/C5H7F3NO3P/c1-11-13-9(2-3-12-13)4(10)5(6,7)8/h2-3H2,1H3. The van der Waals surface area contributed by atoms with E-state index in [2.05, 4.69) is 4.52 Å². The molecule has 1 fully saturated rings. The molecular weight excluding hydrogens is 210 g/mol. The highest BCUT2D eigenvalue weighted by Gasteiger charge is 2.47. The molecule has 1 aliphatic rings. The summed E-state index contributed by atoms with van der Waals surface area (Å²) in [6.45, 7) is 0.0131. The van der Waals surface area contributed by atoms with Gasteiger partial charge in [-0.05, 0) is 0 Å². The molecule has 1 heterocycles. The van der Waals surface area contributed by atoms with Gasteiger partial charge in [-0.15, -0.1) is 0 Å². The summed E-state index contributed by atoms with van der Waals surface area (Å²) in [4.78, 5) is 10.7. The number of amides is 1. The van der Waals surface area contributed by atoms with Crippen LogP contribution in [-0.4, -0.2) is 37.0 Å². The first-order valence-electron chi connectivity index (χ1n) is 3.32. The van der Waals surface area contributed by atoms with Crippen molar-refractivity contribution in [2.45, 2.75) is 6.18 Å². The summed E-state index contributed by atoms with van der Waals surface area (Å²) in [7, 11) is -0.644. The number of hydrogen-bond acceptors (Lipinski definition) is 3. The number of alkyl halides is 3. The lowest BCUT2D eigenvalue weighted by atomic mass is 10.5. The maximum Gasteiger partial charge on any atom is 0.471 e. The molecule has 0 bridgehead atoms. The fraction of sp³-hybridized carbons (Fsp3) is 0.800. The number of carbonyl (C=O) groups excluding carboxylic acids is 1. The maximum absolute atomic E-state index is 11.9. The van der Waals surface area contributed by atoms with Crippen LogP contribution in [0.1, 0.15) is 0 Å². The summed E-state index contributed by atoms with van der Waals surface area (Å²) in [6.07, 6.45) is -4.85. The second-order valence-corrected chi connectivity index (χ2v) is 3.76. The Bertz CT molecular complexity index is 210. The minimum Gasteiger partial charge on any atom is -0.321 e. The molecule has 1 saturated heterocycles. The maximum atomic E-state index is 11.9. The van der Waals surface area contributed by atoms with Crippen LogP contribution in [0.5, 0.6) is 0 Å². The van der Waals surface area contributed by atoms with Crippen molar-refractivity contribution >= 4 is 14.4 Å². The number of carbonyl (C=O) groups is 1. The highest BCUT2D eigenvalue weighted by Crippen LogP contribution is 2.47. The Kier molecular flexibility index (Phi) is 3.10. The Labute approximate surface area is 73.6 Å². The van der Waals surface area contributed by atoms with E-state index in [1.807, 2.05) is 0 Å². The van der Waals surface area contributed by atoms with Gasteiger partial charge in [-0.25, -0.2) is 0 Å². The molecule has 13 heavy (non-hydrogen) atoms. The van der Waals surface area contributed by atoms with E-state index < -0.39 is 20.6 Å². The molecule has 76 valence electrons. The second kappa shape index (κ2) is 3.77. The fourth-order valence-corrected chi connectivity index (χ4v) is 2.02. The van der Waals surface area contributed by atoms with E-state index in [0.29, 0.717) is 4.67 Å². The molecule has 1 rings (SSSR count). The summed E-state index contributed by atoms with van der Waals surface area (Å²) in [6, 6.07) is 0. The topological polar surface area (TPSA) is 38.8 Å². The Balaban J connectivity index is 2.66. The van der Waals surface area contributed by atoms with E-state index in [0.717, 1.165) is 0 Å². The molecular formula is C5H7F3NO3P. The van der Waals surface area contributed by atoms with Gasteiger partial charge in [0.15, 0.2) is 0 Å². The number of halogens is 3. The van der Waals surface area contributed by atoms with Crippen molar-refractivity contribution in [1.82, 2.24) is 4.67 Å². The molecule has 0 radical (unpaired) electrons. The normalized spacial score (nSPS) is 23.7. The number of rotatable bonds is 1. The first kappa shape index (κ1) is 10.7. The molecule has 0 aliphatic carbocycles. The van der Waals surface area contributed by atoms with Crippen molar-refractivity contribution in [2.24, 2.45) is 0 Å². The summed E-state index contributed by atoms with van der Waals surface area (Å²) in [5.41, 5.74) is 0. The van der Waals surface area contributed by atoms with E-state index in [4.69, 9.17) is 4.52 Å². The Morgan fingerprint density at radius 2 is 2.23 bits per heavy atom. The van der Waals surface area contributed by atoms with Gasteiger partial charge < -0.3 is 9.05 Å². The van der Waals surface area contributed by atoms with Gasteiger partial charge in [-0.1, -0.05) is 0 Å². The Morgan fingerprint density at radius 3 is 2.69 bits per heavy atom. The van der Waals surface area contributed by atoms with Gasteiger partial charge in [-0.2, -0.15) is 13.2 Å². The smallest absolute Gasteiger partial charge is 0.321 e. The summed E-state index contributed by atoms with van der Waals surface area (Å²) >= 11 is 0. The van der Waals surface area contributed by atoms with Crippen LogP contribution in [0.4, 0.5) is 13.2 Å². The van der Waals surface area contributed by atoms with Gasteiger partial charge in [0.2, 0.25) is 0 Å². The van der Waals surface area contributed by atoms with Crippen LogP contribution in [0.2, 0.25) is 0 Å². The summed E-state index contributed by atoms with van der Waals surface area (Å²) in [5.74, 6) is -1.90. The third-order valence-corrected chi connectivity index (χ3v) is 2.83. The van der Waals surface area contributed by atoms with Gasteiger partial charge >= 0.3 is 12.1 Å². The molecule has 0 N–H and O–H groups in total. The van der Waals surface area contributed by atoms with Gasteiger partial charge in [0, 0.05) is 7.11 Å². The second-order valence-electron chi connectivity index (χ2n) is 2.18.